The summed E-state index contributed by atoms with van der Waals surface area (Å²) in [6.45, 7) is 3.65. The first-order valence-electron chi connectivity index (χ1n) is 35.0. The summed E-state index contributed by atoms with van der Waals surface area (Å²) in [6, 6.07) is 0. The molecule has 10 heteroatoms. The van der Waals surface area contributed by atoms with Gasteiger partial charge in [0.25, 0.3) is 0 Å². The Kier molecular flexibility index (Phi) is 66.6. The molecule has 0 spiro atoms. The molecule has 9 nitrogen and oxygen atoms in total. The minimum absolute atomic E-state index is 0.0499. The number of carbonyl (C=O) groups is 2. The van der Waals surface area contributed by atoms with Crippen LogP contribution in [0.15, 0.2) is 122 Å². The highest BCUT2D eigenvalue weighted by Crippen LogP contribution is 2.43. The van der Waals surface area contributed by atoms with Crippen LogP contribution in [-0.2, 0) is 32.7 Å². The van der Waals surface area contributed by atoms with Crippen LogP contribution in [0.5, 0.6) is 0 Å². The van der Waals surface area contributed by atoms with Gasteiger partial charge >= 0.3 is 19.8 Å². The van der Waals surface area contributed by atoms with Gasteiger partial charge in [0.05, 0.1) is 13.2 Å². The second kappa shape index (κ2) is 69.5. The molecule has 0 aliphatic carbocycles. The Morgan fingerprint density at radius 2 is 0.647 bits per heavy atom. The predicted octanol–water partition coefficient (Wildman–Crippen LogP) is 23.1. The van der Waals surface area contributed by atoms with Crippen molar-refractivity contribution in [1.82, 2.24) is 0 Å². The molecule has 0 radical (unpaired) electrons. The Morgan fingerprint density at radius 1 is 0.365 bits per heavy atom. The molecular weight excluding hydrogens is 1070 g/mol. The molecule has 0 aliphatic rings. The molecular formula is C75H130NO8P. The monoisotopic (exact) mass is 1200 g/mol. The first-order valence-corrected chi connectivity index (χ1v) is 36.5. The van der Waals surface area contributed by atoms with Gasteiger partial charge in [-0.2, -0.15) is 0 Å². The Morgan fingerprint density at radius 3 is 0.976 bits per heavy atom. The molecule has 488 valence electrons. The number of ether oxygens (including phenoxy) is 2. The summed E-state index contributed by atoms with van der Waals surface area (Å²) in [5.41, 5.74) is 5.40. The summed E-state index contributed by atoms with van der Waals surface area (Å²) in [6.07, 6.45) is 97.1. The molecule has 0 heterocycles. The minimum atomic E-state index is -4.40. The van der Waals surface area contributed by atoms with E-state index in [0.29, 0.717) is 6.42 Å². The van der Waals surface area contributed by atoms with E-state index in [0.717, 1.165) is 96.3 Å². The number of phosphoric ester groups is 1. The third kappa shape index (κ3) is 69.4. The van der Waals surface area contributed by atoms with Crippen LogP contribution in [-0.4, -0.2) is 49.3 Å². The zero-order valence-electron chi connectivity index (χ0n) is 54.8. The number of hydrogen-bond donors (Lipinski definition) is 2. The Bertz CT molecular complexity index is 1810. The number of phosphoric acid groups is 1. The van der Waals surface area contributed by atoms with Gasteiger partial charge in [-0.15, -0.1) is 0 Å². The summed E-state index contributed by atoms with van der Waals surface area (Å²) < 4.78 is 33.2. The van der Waals surface area contributed by atoms with Crippen molar-refractivity contribution in [3.63, 3.8) is 0 Å². The van der Waals surface area contributed by atoms with E-state index >= 15 is 0 Å². The topological polar surface area (TPSA) is 134 Å². The summed E-state index contributed by atoms with van der Waals surface area (Å²) in [7, 11) is -4.40. The Hall–Kier alpha value is -3.59. The average Bonchev–Trinajstić information content (AvgIpc) is 3.52. The van der Waals surface area contributed by atoms with Crippen LogP contribution in [0, 0.1) is 0 Å². The summed E-state index contributed by atoms with van der Waals surface area (Å²) >= 11 is 0. The van der Waals surface area contributed by atoms with Gasteiger partial charge in [-0.3, -0.25) is 18.6 Å². The average molecular weight is 1200 g/mol. The van der Waals surface area contributed by atoms with Crippen molar-refractivity contribution in [3.8, 4) is 0 Å². The van der Waals surface area contributed by atoms with E-state index in [2.05, 4.69) is 135 Å². The molecule has 2 atom stereocenters. The normalized spacial score (nSPS) is 13.7. The SMILES string of the molecule is CC/C=C\C/C=C\C/C=C\C/C=C\C/C=C\C/C=C\C/C=C\C/C=C\C/C=C\CCCCCCCCCCCCCCCC(=O)OC(COC(=O)CCCCCCCCCCCCC/C=C\CCCCCCCCCC)COP(=O)(O)OCCN. The highest BCUT2D eigenvalue weighted by molar-refractivity contribution is 7.47. The van der Waals surface area contributed by atoms with Crippen LogP contribution in [0.1, 0.15) is 309 Å². The van der Waals surface area contributed by atoms with Gasteiger partial charge in [-0.1, -0.05) is 309 Å². The van der Waals surface area contributed by atoms with Gasteiger partial charge in [0.1, 0.15) is 6.61 Å². The number of nitrogens with two attached hydrogens (primary N) is 1. The second-order valence-electron chi connectivity index (χ2n) is 23.0. The van der Waals surface area contributed by atoms with Crippen molar-refractivity contribution in [1.29, 1.82) is 0 Å². The lowest BCUT2D eigenvalue weighted by Crippen LogP contribution is -2.29. The van der Waals surface area contributed by atoms with Crippen molar-refractivity contribution in [2.24, 2.45) is 5.73 Å². The molecule has 0 amide bonds. The zero-order chi connectivity index (χ0) is 61.6. The van der Waals surface area contributed by atoms with E-state index in [4.69, 9.17) is 24.3 Å². The van der Waals surface area contributed by atoms with E-state index in [1.165, 1.54) is 180 Å². The number of carbonyl (C=O) groups excluding carboxylic acids is 2. The van der Waals surface area contributed by atoms with Gasteiger partial charge < -0.3 is 20.1 Å². The lowest BCUT2D eigenvalue weighted by atomic mass is 10.0. The highest BCUT2D eigenvalue weighted by Gasteiger charge is 2.26. The Balaban J connectivity index is 3.90. The molecule has 85 heavy (non-hydrogen) atoms. The molecule has 0 saturated carbocycles. The molecule has 0 fully saturated rings. The quantitative estimate of drug-likeness (QED) is 0.0264. The minimum Gasteiger partial charge on any atom is -0.462 e. The van der Waals surface area contributed by atoms with Crippen molar-refractivity contribution in [2.75, 3.05) is 26.4 Å². The maximum Gasteiger partial charge on any atom is 0.472 e. The maximum atomic E-state index is 12.8. The molecule has 3 N–H and O–H groups in total. The highest BCUT2D eigenvalue weighted by atomic mass is 31.2. The van der Waals surface area contributed by atoms with Crippen LogP contribution < -0.4 is 5.73 Å². The van der Waals surface area contributed by atoms with E-state index in [1.54, 1.807) is 0 Å². The lowest BCUT2D eigenvalue weighted by Gasteiger charge is -2.19. The van der Waals surface area contributed by atoms with E-state index in [1.807, 2.05) is 0 Å². The fourth-order valence-electron chi connectivity index (χ4n) is 9.68. The molecule has 0 bridgehead atoms. The number of esters is 2. The first kappa shape index (κ1) is 81.4. The second-order valence-corrected chi connectivity index (χ2v) is 24.5. The number of unbranched alkanes of at least 4 members (excludes halogenated alkanes) is 32. The fraction of sp³-hybridized carbons (Fsp3) is 0.707. The molecule has 0 saturated heterocycles. The van der Waals surface area contributed by atoms with Crippen LogP contribution >= 0.6 is 7.82 Å². The smallest absolute Gasteiger partial charge is 0.462 e. The molecule has 0 aromatic carbocycles. The van der Waals surface area contributed by atoms with Crippen LogP contribution in [0.4, 0.5) is 0 Å². The Labute approximate surface area is 523 Å². The van der Waals surface area contributed by atoms with Crippen LogP contribution in [0.3, 0.4) is 0 Å². The predicted molar refractivity (Wildman–Crippen MR) is 367 cm³/mol. The summed E-state index contributed by atoms with van der Waals surface area (Å²) in [5, 5.41) is 0. The standard InChI is InChI=1S/C75H130NO8P/c1-3-5-7-9-11-13-15-17-19-21-23-25-27-28-29-30-31-32-33-34-35-36-37-38-39-40-41-42-43-44-46-48-50-52-54-56-58-60-62-64-66-68-75(78)84-73(72-83-85(79,80)82-70-69-76)71-81-74(77)67-65-63-61-59-57-55-53-51-49-47-45-26-24-22-20-18-16-14-12-10-8-6-4-2/h5,7,11,13,17,19,22-25,28-29,31-32,34-35,37-38,40-41,73H,3-4,6,8-10,12,14-16,18,20-21,26-27,30,33,36,39,42-72,76H2,1-2H3,(H,79,80)/b7-5-,13-11-,19-17-,24-22-,25-23-,29-28-,32-31-,35-34-,38-37-,41-40-. The fourth-order valence-corrected chi connectivity index (χ4v) is 10.5. The van der Waals surface area contributed by atoms with Gasteiger partial charge in [0.15, 0.2) is 6.10 Å². The van der Waals surface area contributed by atoms with Crippen LogP contribution in [0.25, 0.3) is 0 Å². The van der Waals surface area contributed by atoms with E-state index < -0.39 is 26.5 Å². The van der Waals surface area contributed by atoms with Crippen molar-refractivity contribution >= 4 is 19.8 Å². The third-order valence-corrected chi connectivity index (χ3v) is 15.8. The largest absolute Gasteiger partial charge is 0.472 e. The van der Waals surface area contributed by atoms with Crippen LogP contribution in [0.2, 0.25) is 0 Å². The van der Waals surface area contributed by atoms with Crippen molar-refractivity contribution in [3.05, 3.63) is 122 Å². The van der Waals surface area contributed by atoms with Crippen molar-refractivity contribution in [2.45, 2.75) is 315 Å². The van der Waals surface area contributed by atoms with Gasteiger partial charge in [-0.25, -0.2) is 4.57 Å². The van der Waals surface area contributed by atoms with Gasteiger partial charge in [0, 0.05) is 19.4 Å². The zero-order valence-corrected chi connectivity index (χ0v) is 55.7. The van der Waals surface area contributed by atoms with Gasteiger partial charge in [-0.05, 0) is 109 Å². The lowest BCUT2D eigenvalue weighted by molar-refractivity contribution is -0.161. The first-order chi connectivity index (χ1) is 41.8. The molecule has 0 aromatic heterocycles. The summed E-state index contributed by atoms with van der Waals surface area (Å²) in [5.74, 6) is -0.825. The number of rotatable bonds is 65. The molecule has 0 aromatic rings. The molecule has 2 unspecified atom stereocenters. The van der Waals surface area contributed by atoms with Crippen molar-refractivity contribution < 1.29 is 37.6 Å². The third-order valence-electron chi connectivity index (χ3n) is 14.8. The van der Waals surface area contributed by atoms with Gasteiger partial charge in [0.2, 0.25) is 0 Å². The summed E-state index contributed by atoms with van der Waals surface area (Å²) in [4.78, 5) is 35.3. The maximum absolute atomic E-state index is 12.8. The van der Waals surface area contributed by atoms with E-state index in [-0.39, 0.29) is 38.6 Å². The van der Waals surface area contributed by atoms with E-state index in [9.17, 15) is 19.0 Å². The number of allylic oxidation sites excluding steroid dienone is 20. The molecule has 0 aliphatic heterocycles. The number of hydrogen-bond acceptors (Lipinski definition) is 8. The molecule has 0 rings (SSSR count).